The summed E-state index contributed by atoms with van der Waals surface area (Å²) in [5, 5.41) is 5.43. The average molecular weight is 267 g/mol. The first kappa shape index (κ1) is 12.2. The molecule has 0 aromatic heterocycles. The number of rotatable bonds is 2. The van der Waals surface area contributed by atoms with Gasteiger partial charge in [0.25, 0.3) is 11.8 Å². The highest BCUT2D eigenvalue weighted by atomic mass is 16.2. The van der Waals surface area contributed by atoms with Crippen molar-refractivity contribution in [1.82, 2.24) is 5.32 Å². The van der Waals surface area contributed by atoms with Gasteiger partial charge in [-0.1, -0.05) is 12.1 Å². The van der Waals surface area contributed by atoms with Crippen molar-refractivity contribution in [3.63, 3.8) is 0 Å². The third kappa shape index (κ3) is 1.89. The number of hydrogen-bond donors (Lipinski definition) is 3. The van der Waals surface area contributed by atoms with Gasteiger partial charge >= 0.3 is 0 Å². The number of imide groups is 1. The molecule has 2 aromatic carbocycles. The maximum atomic E-state index is 11.6. The molecule has 0 saturated heterocycles. The quantitative estimate of drug-likeness (QED) is 0.575. The lowest BCUT2D eigenvalue weighted by atomic mass is 10.1. The van der Waals surface area contributed by atoms with Gasteiger partial charge in [0.15, 0.2) is 0 Å². The number of anilines is 3. The second-order valence-corrected chi connectivity index (χ2v) is 4.70. The van der Waals surface area contributed by atoms with Crippen LogP contribution in [0.5, 0.6) is 0 Å². The van der Waals surface area contributed by atoms with Crippen molar-refractivity contribution in [2.75, 3.05) is 11.1 Å². The second kappa shape index (κ2) is 4.38. The van der Waals surface area contributed by atoms with Crippen LogP contribution in [-0.4, -0.2) is 11.8 Å². The molecule has 5 heteroatoms. The number of nitrogens with one attached hydrogen (secondary N) is 2. The van der Waals surface area contributed by atoms with E-state index >= 15 is 0 Å². The van der Waals surface area contributed by atoms with E-state index in [-0.39, 0.29) is 11.8 Å². The van der Waals surface area contributed by atoms with Gasteiger partial charge in [0.2, 0.25) is 0 Å². The highest BCUT2D eigenvalue weighted by Gasteiger charge is 2.26. The molecule has 0 fully saturated rings. The van der Waals surface area contributed by atoms with Crippen molar-refractivity contribution >= 4 is 28.9 Å². The molecule has 0 saturated carbocycles. The second-order valence-electron chi connectivity index (χ2n) is 4.70. The Balaban J connectivity index is 1.97. The lowest BCUT2D eigenvalue weighted by Crippen LogP contribution is -2.19. The fraction of sp³-hybridized carbons (Fsp3) is 0.0667. The lowest BCUT2D eigenvalue weighted by molar-refractivity contribution is 0.0879. The molecular formula is C15H13N3O2. The third-order valence-electron chi connectivity index (χ3n) is 3.34. The molecule has 1 aliphatic heterocycles. The summed E-state index contributed by atoms with van der Waals surface area (Å²) in [5.41, 5.74) is 9.90. The summed E-state index contributed by atoms with van der Waals surface area (Å²) >= 11 is 0. The monoisotopic (exact) mass is 267 g/mol. The van der Waals surface area contributed by atoms with Gasteiger partial charge < -0.3 is 11.1 Å². The van der Waals surface area contributed by atoms with E-state index in [0.717, 1.165) is 11.3 Å². The van der Waals surface area contributed by atoms with Gasteiger partial charge in [0.1, 0.15) is 0 Å². The molecule has 0 aliphatic carbocycles. The maximum absolute atomic E-state index is 11.6. The van der Waals surface area contributed by atoms with E-state index in [9.17, 15) is 9.59 Å². The molecule has 100 valence electrons. The summed E-state index contributed by atoms with van der Waals surface area (Å²) in [6.45, 7) is 1.93. The SMILES string of the molecule is Cc1cccc(Nc2ccc3c(c2)C(=O)NC3=O)c1N. The Kier molecular flexibility index (Phi) is 2.68. The molecule has 0 atom stereocenters. The predicted molar refractivity (Wildman–Crippen MR) is 77.1 cm³/mol. The molecule has 2 amide bonds. The zero-order valence-electron chi connectivity index (χ0n) is 10.9. The fourth-order valence-electron chi connectivity index (χ4n) is 2.19. The van der Waals surface area contributed by atoms with Crippen LogP contribution in [0, 0.1) is 6.92 Å². The van der Waals surface area contributed by atoms with E-state index < -0.39 is 0 Å². The number of aryl methyl sites for hydroxylation is 1. The Hall–Kier alpha value is -2.82. The number of hydrogen-bond acceptors (Lipinski definition) is 4. The van der Waals surface area contributed by atoms with Gasteiger partial charge in [0, 0.05) is 5.69 Å². The first-order valence-corrected chi connectivity index (χ1v) is 6.18. The smallest absolute Gasteiger partial charge is 0.259 e. The first-order chi connectivity index (χ1) is 9.56. The number of benzene rings is 2. The number of fused-ring (bicyclic) bond motifs is 1. The van der Waals surface area contributed by atoms with E-state index in [1.807, 2.05) is 25.1 Å². The molecular weight excluding hydrogens is 254 g/mol. The molecule has 5 nitrogen and oxygen atoms in total. The highest BCUT2D eigenvalue weighted by Crippen LogP contribution is 2.27. The fourth-order valence-corrected chi connectivity index (χ4v) is 2.19. The van der Waals surface area contributed by atoms with Crippen LogP contribution in [0.1, 0.15) is 26.3 Å². The van der Waals surface area contributed by atoms with E-state index in [1.54, 1.807) is 18.2 Å². The van der Waals surface area contributed by atoms with Crippen LogP contribution in [0.25, 0.3) is 0 Å². The van der Waals surface area contributed by atoms with Crippen molar-refractivity contribution in [2.24, 2.45) is 0 Å². The summed E-state index contributed by atoms with van der Waals surface area (Å²) in [6, 6.07) is 10.7. The Morgan fingerprint density at radius 2 is 1.80 bits per heavy atom. The number of carbonyl (C=O) groups excluding carboxylic acids is 2. The zero-order chi connectivity index (χ0) is 14.3. The van der Waals surface area contributed by atoms with Crippen LogP contribution >= 0.6 is 0 Å². The molecule has 1 aliphatic rings. The lowest BCUT2D eigenvalue weighted by Gasteiger charge is -2.11. The predicted octanol–water partition coefficient (Wildman–Crippen LogP) is 2.20. The minimum atomic E-state index is -0.370. The Bertz CT molecular complexity index is 738. The van der Waals surface area contributed by atoms with E-state index in [2.05, 4.69) is 10.6 Å². The highest BCUT2D eigenvalue weighted by molar-refractivity contribution is 6.21. The van der Waals surface area contributed by atoms with Crippen molar-refractivity contribution in [1.29, 1.82) is 0 Å². The Morgan fingerprint density at radius 3 is 2.60 bits per heavy atom. The molecule has 1 heterocycles. The average Bonchev–Trinajstić information content (AvgIpc) is 2.70. The normalized spacial score (nSPS) is 13.1. The summed E-state index contributed by atoms with van der Waals surface area (Å²) in [4.78, 5) is 23.1. The van der Waals surface area contributed by atoms with Gasteiger partial charge in [-0.2, -0.15) is 0 Å². The molecule has 0 spiro atoms. The van der Waals surface area contributed by atoms with Crippen molar-refractivity contribution in [3.8, 4) is 0 Å². The molecule has 2 aromatic rings. The minimum Gasteiger partial charge on any atom is -0.397 e. The van der Waals surface area contributed by atoms with Crippen molar-refractivity contribution in [2.45, 2.75) is 6.92 Å². The Morgan fingerprint density at radius 1 is 1.05 bits per heavy atom. The van der Waals surface area contributed by atoms with Crippen molar-refractivity contribution in [3.05, 3.63) is 53.1 Å². The molecule has 0 bridgehead atoms. The number of nitrogen functional groups attached to an aromatic ring is 1. The largest absolute Gasteiger partial charge is 0.397 e. The van der Waals surface area contributed by atoms with Gasteiger partial charge in [0.05, 0.1) is 22.5 Å². The maximum Gasteiger partial charge on any atom is 0.259 e. The molecule has 0 unspecified atom stereocenters. The topological polar surface area (TPSA) is 84.2 Å². The van der Waals surface area contributed by atoms with Crippen LogP contribution in [0.15, 0.2) is 36.4 Å². The number of para-hydroxylation sites is 1. The zero-order valence-corrected chi connectivity index (χ0v) is 10.9. The van der Waals surface area contributed by atoms with Crippen LogP contribution in [0.3, 0.4) is 0 Å². The summed E-state index contributed by atoms with van der Waals surface area (Å²) < 4.78 is 0. The van der Waals surface area contributed by atoms with Crippen LogP contribution in [-0.2, 0) is 0 Å². The number of nitrogens with two attached hydrogens (primary N) is 1. The van der Waals surface area contributed by atoms with E-state index in [4.69, 9.17) is 5.73 Å². The van der Waals surface area contributed by atoms with Crippen molar-refractivity contribution < 1.29 is 9.59 Å². The standard InChI is InChI=1S/C15H13N3O2/c1-8-3-2-4-12(13(8)16)17-9-5-6-10-11(7-9)15(20)18-14(10)19/h2-7,17H,16H2,1H3,(H,18,19,20). The Labute approximate surface area is 115 Å². The van der Waals surface area contributed by atoms with Crippen LogP contribution in [0.2, 0.25) is 0 Å². The van der Waals surface area contributed by atoms with Gasteiger partial charge in [-0.3, -0.25) is 14.9 Å². The summed E-state index contributed by atoms with van der Waals surface area (Å²) in [5.74, 6) is -0.725. The van der Waals surface area contributed by atoms with Crippen LogP contribution in [0.4, 0.5) is 17.1 Å². The van der Waals surface area contributed by atoms with Gasteiger partial charge in [-0.05, 0) is 36.8 Å². The number of amides is 2. The van der Waals surface area contributed by atoms with E-state index in [0.29, 0.717) is 22.5 Å². The van der Waals surface area contributed by atoms with Gasteiger partial charge in [-0.15, -0.1) is 0 Å². The minimum absolute atomic E-state index is 0.355. The molecule has 20 heavy (non-hydrogen) atoms. The number of carbonyl (C=O) groups is 2. The molecule has 3 rings (SSSR count). The summed E-state index contributed by atoms with van der Waals surface area (Å²) in [6.07, 6.45) is 0. The molecule has 4 N–H and O–H groups in total. The summed E-state index contributed by atoms with van der Waals surface area (Å²) in [7, 11) is 0. The van der Waals surface area contributed by atoms with Crippen LogP contribution < -0.4 is 16.4 Å². The van der Waals surface area contributed by atoms with Gasteiger partial charge in [-0.25, -0.2) is 0 Å². The third-order valence-corrected chi connectivity index (χ3v) is 3.34. The van der Waals surface area contributed by atoms with E-state index in [1.165, 1.54) is 0 Å². The molecule has 0 radical (unpaired) electrons. The first-order valence-electron chi connectivity index (χ1n) is 6.18.